The van der Waals surface area contributed by atoms with Gasteiger partial charge in [0.05, 0.1) is 6.10 Å². The summed E-state index contributed by atoms with van der Waals surface area (Å²) >= 11 is 0. The molecule has 0 radical (unpaired) electrons. The highest BCUT2D eigenvalue weighted by atomic mass is 16.5. The molecule has 3 aromatic rings. The summed E-state index contributed by atoms with van der Waals surface area (Å²) in [6.07, 6.45) is 3.96. The molecule has 4 heteroatoms. The van der Waals surface area contributed by atoms with E-state index >= 15 is 0 Å². The molecule has 0 bridgehead atoms. The summed E-state index contributed by atoms with van der Waals surface area (Å²) < 4.78 is 5.56. The second-order valence-corrected chi connectivity index (χ2v) is 7.84. The minimum absolute atomic E-state index is 0.0374. The van der Waals surface area contributed by atoms with Crippen LogP contribution in [0.25, 0.3) is 16.8 Å². The second kappa shape index (κ2) is 10.1. The van der Waals surface area contributed by atoms with Crippen LogP contribution in [0.3, 0.4) is 0 Å². The maximum Gasteiger partial charge on any atom is 0.324 e. The SMILES string of the molecule is CCC(C)OC(=O)C(CC=Cc1ccccc1)(Cc1cccc2ccccc12)C(=O)O. The van der Waals surface area contributed by atoms with Crippen molar-refractivity contribution in [2.45, 2.75) is 39.2 Å². The third kappa shape index (κ3) is 5.21. The molecule has 0 spiro atoms. The number of allylic oxidation sites excluding steroid dienone is 1. The molecule has 3 rings (SSSR count). The van der Waals surface area contributed by atoms with Gasteiger partial charge in [-0.15, -0.1) is 0 Å². The topological polar surface area (TPSA) is 63.6 Å². The molecule has 0 aliphatic rings. The Morgan fingerprint density at radius 3 is 2.39 bits per heavy atom. The molecule has 4 nitrogen and oxygen atoms in total. The van der Waals surface area contributed by atoms with E-state index in [4.69, 9.17) is 4.74 Å². The largest absolute Gasteiger partial charge is 0.480 e. The van der Waals surface area contributed by atoms with Crippen molar-refractivity contribution in [3.05, 3.63) is 90.0 Å². The van der Waals surface area contributed by atoms with Crippen LogP contribution in [0.4, 0.5) is 0 Å². The van der Waals surface area contributed by atoms with Crippen molar-refractivity contribution in [2.24, 2.45) is 5.41 Å². The number of ether oxygens (including phenoxy) is 1. The Kier molecular flexibility index (Phi) is 7.24. The fraction of sp³-hybridized carbons (Fsp3) is 0.259. The smallest absolute Gasteiger partial charge is 0.324 e. The summed E-state index contributed by atoms with van der Waals surface area (Å²) in [6.45, 7) is 3.68. The van der Waals surface area contributed by atoms with Crippen LogP contribution < -0.4 is 0 Å². The molecule has 0 saturated heterocycles. The van der Waals surface area contributed by atoms with E-state index in [1.54, 1.807) is 13.0 Å². The van der Waals surface area contributed by atoms with Gasteiger partial charge in [0, 0.05) is 6.42 Å². The average molecular weight is 417 g/mol. The molecular weight excluding hydrogens is 388 g/mol. The van der Waals surface area contributed by atoms with Gasteiger partial charge < -0.3 is 9.84 Å². The van der Waals surface area contributed by atoms with E-state index in [1.807, 2.05) is 85.8 Å². The van der Waals surface area contributed by atoms with Crippen molar-refractivity contribution in [3.63, 3.8) is 0 Å². The normalized spacial score (nSPS) is 14.3. The zero-order chi connectivity index (χ0) is 22.3. The summed E-state index contributed by atoms with van der Waals surface area (Å²) in [5.41, 5.74) is 0.0516. The van der Waals surface area contributed by atoms with E-state index in [2.05, 4.69) is 0 Å². The molecule has 0 fully saturated rings. The van der Waals surface area contributed by atoms with E-state index in [9.17, 15) is 14.7 Å². The van der Waals surface area contributed by atoms with Gasteiger partial charge in [0.25, 0.3) is 0 Å². The number of carbonyl (C=O) groups is 2. The third-order valence-corrected chi connectivity index (χ3v) is 5.63. The first-order valence-corrected chi connectivity index (χ1v) is 10.6. The standard InChI is InChI=1S/C27H28O4/c1-3-20(2)31-26(30)27(25(28)29,18-10-13-21-11-5-4-6-12-21)19-23-16-9-15-22-14-7-8-17-24(22)23/h4-17,20H,3,18-19H2,1-2H3,(H,28,29). The van der Waals surface area contributed by atoms with Crippen LogP contribution >= 0.6 is 0 Å². The minimum Gasteiger partial charge on any atom is -0.480 e. The van der Waals surface area contributed by atoms with Gasteiger partial charge in [-0.25, -0.2) is 0 Å². The molecule has 2 atom stereocenters. The molecular formula is C27H28O4. The van der Waals surface area contributed by atoms with Crippen LogP contribution in [0.1, 0.15) is 37.8 Å². The lowest BCUT2D eigenvalue weighted by atomic mass is 9.77. The number of esters is 1. The second-order valence-electron chi connectivity index (χ2n) is 7.84. The van der Waals surface area contributed by atoms with Crippen molar-refractivity contribution in [2.75, 3.05) is 0 Å². The Bertz CT molecular complexity index is 1070. The number of hydrogen-bond acceptors (Lipinski definition) is 3. The summed E-state index contributed by atoms with van der Waals surface area (Å²) in [6, 6.07) is 23.2. The zero-order valence-corrected chi connectivity index (χ0v) is 18.0. The molecule has 1 N–H and O–H groups in total. The molecule has 0 amide bonds. The van der Waals surface area contributed by atoms with E-state index in [0.717, 1.165) is 21.9 Å². The first kappa shape index (κ1) is 22.3. The van der Waals surface area contributed by atoms with Crippen LogP contribution in [0.5, 0.6) is 0 Å². The highest BCUT2D eigenvalue weighted by molar-refractivity contribution is 6.00. The number of carbonyl (C=O) groups excluding carboxylic acids is 1. The quantitative estimate of drug-likeness (QED) is 0.348. The maximum atomic E-state index is 13.2. The van der Waals surface area contributed by atoms with Gasteiger partial charge in [-0.05, 0) is 41.7 Å². The number of benzene rings is 3. The lowest BCUT2D eigenvalue weighted by Crippen LogP contribution is -2.43. The number of aliphatic carboxylic acids is 1. The molecule has 0 aromatic heterocycles. The predicted octanol–water partition coefficient (Wildman–Crippen LogP) is 5.90. The molecule has 31 heavy (non-hydrogen) atoms. The number of rotatable bonds is 9. The number of hydrogen-bond donors (Lipinski definition) is 1. The van der Waals surface area contributed by atoms with Crippen molar-refractivity contribution in [1.29, 1.82) is 0 Å². The van der Waals surface area contributed by atoms with Gasteiger partial charge in [0.2, 0.25) is 0 Å². The monoisotopic (exact) mass is 416 g/mol. The average Bonchev–Trinajstić information content (AvgIpc) is 2.78. The van der Waals surface area contributed by atoms with E-state index in [0.29, 0.717) is 6.42 Å². The fourth-order valence-electron chi connectivity index (χ4n) is 3.59. The van der Waals surface area contributed by atoms with Crippen LogP contribution in [0.2, 0.25) is 0 Å². The minimum atomic E-state index is -1.71. The molecule has 2 unspecified atom stereocenters. The highest BCUT2D eigenvalue weighted by Gasteiger charge is 2.47. The summed E-state index contributed by atoms with van der Waals surface area (Å²) in [5, 5.41) is 12.2. The number of carboxylic acids is 1. The number of fused-ring (bicyclic) bond motifs is 1. The Labute approximate surface area is 183 Å². The Morgan fingerprint density at radius 1 is 1.00 bits per heavy atom. The predicted molar refractivity (Wildman–Crippen MR) is 124 cm³/mol. The first-order chi connectivity index (χ1) is 15.0. The van der Waals surface area contributed by atoms with Gasteiger partial charge in [-0.3, -0.25) is 9.59 Å². The van der Waals surface area contributed by atoms with Gasteiger partial charge in [0.15, 0.2) is 5.41 Å². The van der Waals surface area contributed by atoms with E-state index in [1.165, 1.54) is 0 Å². The van der Waals surface area contributed by atoms with Crippen LogP contribution in [-0.4, -0.2) is 23.1 Å². The van der Waals surface area contributed by atoms with Crippen molar-refractivity contribution < 1.29 is 19.4 Å². The molecule has 0 aliphatic heterocycles. The lowest BCUT2D eigenvalue weighted by Gasteiger charge is -2.28. The molecule has 0 heterocycles. The first-order valence-electron chi connectivity index (χ1n) is 10.6. The summed E-state index contributed by atoms with van der Waals surface area (Å²) in [5.74, 6) is -1.87. The van der Waals surface area contributed by atoms with Crippen molar-refractivity contribution in [3.8, 4) is 0 Å². The van der Waals surface area contributed by atoms with Crippen molar-refractivity contribution in [1.82, 2.24) is 0 Å². The Morgan fingerprint density at radius 2 is 1.68 bits per heavy atom. The molecule has 3 aromatic carbocycles. The Balaban J connectivity index is 2.01. The van der Waals surface area contributed by atoms with Crippen molar-refractivity contribution >= 4 is 28.8 Å². The highest BCUT2D eigenvalue weighted by Crippen LogP contribution is 2.34. The zero-order valence-electron chi connectivity index (χ0n) is 18.0. The number of carboxylic acid groups (broad SMARTS) is 1. The summed E-state index contributed by atoms with van der Waals surface area (Å²) in [4.78, 5) is 25.8. The van der Waals surface area contributed by atoms with E-state index < -0.39 is 17.4 Å². The third-order valence-electron chi connectivity index (χ3n) is 5.63. The molecule has 160 valence electrons. The van der Waals surface area contributed by atoms with Gasteiger partial charge in [0.1, 0.15) is 0 Å². The molecule has 0 saturated carbocycles. The van der Waals surface area contributed by atoms with Crippen LogP contribution in [0.15, 0.2) is 78.9 Å². The van der Waals surface area contributed by atoms with Crippen LogP contribution in [0, 0.1) is 5.41 Å². The Hall–Kier alpha value is -3.40. The van der Waals surface area contributed by atoms with Gasteiger partial charge in [-0.2, -0.15) is 0 Å². The lowest BCUT2D eigenvalue weighted by molar-refractivity contribution is -0.172. The molecule has 0 aliphatic carbocycles. The summed E-state index contributed by atoms with van der Waals surface area (Å²) in [7, 11) is 0. The van der Waals surface area contributed by atoms with Gasteiger partial charge in [-0.1, -0.05) is 91.9 Å². The maximum absolute atomic E-state index is 13.2. The van der Waals surface area contributed by atoms with Crippen LogP contribution in [-0.2, 0) is 20.7 Å². The fourth-order valence-corrected chi connectivity index (χ4v) is 3.59. The van der Waals surface area contributed by atoms with Gasteiger partial charge >= 0.3 is 11.9 Å². The van der Waals surface area contributed by atoms with E-state index in [-0.39, 0.29) is 18.9 Å².